The van der Waals surface area contributed by atoms with Crippen molar-refractivity contribution < 1.29 is 9.53 Å². The van der Waals surface area contributed by atoms with E-state index < -0.39 is 0 Å². The first-order valence-corrected chi connectivity index (χ1v) is 3.58. The van der Waals surface area contributed by atoms with Gasteiger partial charge in [-0.05, 0) is 18.9 Å². The zero-order valence-corrected chi connectivity index (χ0v) is 6.39. The molecule has 0 aromatic carbocycles. The van der Waals surface area contributed by atoms with Crippen LogP contribution in [0, 0.1) is 5.92 Å². The molecule has 0 aromatic rings. The van der Waals surface area contributed by atoms with Crippen molar-refractivity contribution in [2.45, 2.75) is 20.3 Å². The Morgan fingerprint density at radius 2 is 2.50 bits per heavy atom. The molecule has 0 aromatic heterocycles. The highest BCUT2D eigenvalue weighted by molar-refractivity contribution is 5.75. The number of rotatable bonds is 1. The minimum atomic E-state index is -0.0758. The van der Waals surface area contributed by atoms with Gasteiger partial charge >= 0.3 is 5.97 Å². The maximum Gasteiger partial charge on any atom is 0.313 e. The van der Waals surface area contributed by atoms with Gasteiger partial charge in [-0.3, -0.25) is 4.79 Å². The van der Waals surface area contributed by atoms with Crippen molar-refractivity contribution in [2.24, 2.45) is 5.92 Å². The van der Waals surface area contributed by atoms with E-state index >= 15 is 0 Å². The molecule has 0 radical (unpaired) electrons. The van der Waals surface area contributed by atoms with E-state index in [-0.39, 0.29) is 11.9 Å². The second kappa shape index (κ2) is 2.86. The molecular formula is C8H12O2. The number of cyclic esters (lactones) is 1. The molecule has 1 rings (SSSR count). The van der Waals surface area contributed by atoms with Crippen LogP contribution in [0.25, 0.3) is 0 Å². The largest absolute Gasteiger partial charge is 0.461 e. The Bertz CT molecular complexity index is 170. The van der Waals surface area contributed by atoms with Crippen LogP contribution >= 0.6 is 0 Å². The Hall–Kier alpha value is -0.790. The first-order valence-electron chi connectivity index (χ1n) is 3.58. The van der Waals surface area contributed by atoms with E-state index in [0.717, 1.165) is 12.0 Å². The number of carbonyl (C=O) groups is 1. The average Bonchev–Trinajstić information content (AvgIpc) is 1.94. The van der Waals surface area contributed by atoms with Gasteiger partial charge < -0.3 is 4.74 Å². The molecule has 56 valence electrons. The van der Waals surface area contributed by atoms with Crippen molar-refractivity contribution in [1.29, 1.82) is 0 Å². The predicted molar refractivity (Wildman–Crippen MR) is 38.5 cm³/mol. The van der Waals surface area contributed by atoms with E-state index in [2.05, 4.69) is 0 Å². The third kappa shape index (κ3) is 1.38. The van der Waals surface area contributed by atoms with Crippen molar-refractivity contribution in [3.63, 3.8) is 0 Å². The van der Waals surface area contributed by atoms with E-state index in [0.29, 0.717) is 6.61 Å². The van der Waals surface area contributed by atoms with Gasteiger partial charge in [0.2, 0.25) is 0 Å². The van der Waals surface area contributed by atoms with Crippen LogP contribution < -0.4 is 0 Å². The topological polar surface area (TPSA) is 26.3 Å². The lowest BCUT2D eigenvalue weighted by atomic mass is 10.0. The summed E-state index contributed by atoms with van der Waals surface area (Å²) in [6.07, 6.45) is 2.84. The van der Waals surface area contributed by atoms with Crippen LogP contribution in [-0.2, 0) is 9.53 Å². The molecule has 0 amide bonds. The Morgan fingerprint density at radius 1 is 1.80 bits per heavy atom. The van der Waals surface area contributed by atoms with Gasteiger partial charge in [-0.15, -0.1) is 0 Å². The molecule has 0 aliphatic carbocycles. The molecule has 2 nitrogen and oxygen atoms in total. The van der Waals surface area contributed by atoms with Gasteiger partial charge in [0.05, 0.1) is 5.92 Å². The number of hydrogen-bond acceptors (Lipinski definition) is 2. The lowest BCUT2D eigenvalue weighted by Crippen LogP contribution is -2.21. The third-order valence-electron chi connectivity index (χ3n) is 1.67. The fourth-order valence-corrected chi connectivity index (χ4v) is 1.04. The van der Waals surface area contributed by atoms with Crippen molar-refractivity contribution in [2.75, 3.05) is 6.61 Å². The minimum absolute atomic E-state index is 0.00810. The maximum absolute atomic E-state index is 10.9. The van der Waals surface area contributed by atoms with Crippen molar-refractivity contribution in [3.8, 4) is 0 Å². The molecule has 0 saturated heterocycles. The van der Waals surface area contributed by atoms with E-state index in [1.54, 1.807) is 0 Å². The SMILES string of the molecule is CC[C@@H]1C=C(C)COC1=O. The summed E-state index contributed by atoms with van der Waals surface area (Å²) < 4.78 is 4.89. The highest BCUT2D eigenvalue weighted by Gasteiger charge is 2.19. The Kier molecular flexibility index (Phi) is 2.10. The second-order valence-corrected chi connectivity index (χ2v) is 2.64. The summed E-state index contributed by atoms with van der Waals surface area (Å²) in [7, 11) is 0. The van der Waals surface area contributed by atoms with Gasteiger partial charge in [0.1, 0.15) is 6.61 Å². The number of esters is 1. The zero-order valence-electron chi connectivity index (χ0n) is 6.39. The molecule has 0 fully saturated rings. The fraction of sp³-hybridized carbons (Fsp3) is 0.625. The molecule has 1 atom stereocenters. The third-order valence-corrected chi connectivity index (χ3v) is 1.67. The molecule has 0 saturated carbocycles. The van der Waals surface area contributed by atoms with Gasteiger partial charge in [-0.2, -0.15) is 0 Å². The molecular weight excluding hydrogens is 128 g/mol. The molecule has 0 unspecified atom stereocenters. The van der Waals surface area contributed by atoms with Crippen LogP contribution in [0.1, 0.15) is 20.3 Å². The number of hydrogen-bond donors (Lipinski definition) is 0. The molecule has 0 bridgehead atoms. The van der Waals surface area contributed by atoms with Crippen LogP contribution in [0.3, 0.4) is 0 Å². The molecule has 10 heavy (non-hydrogen) atoms. The summed E-state index contributed by atoms with van der Waals surface area (Å²) in [4.78, 5) is 10.9. The fourth-order valence-electron chi connectivity index (χ4n) is 1.04. The quantitative estimate of drug-likeness (QED) is 0.407. The van der Waals surface area contributed by atoms with E-state index in [9.17, 15) is 4.79 Å². The summed E-state index contributed by atoms with van der Waals surface area (Å²) in [6, 6.07) is 0. The summed E-state index contributed by atoms with van der Waals surface area (Å²) in [5.41, 5.74) is 1.16. The van der Waals surface area contributed by atoms with Crippen LogP contribution in [0.2, 0.25) is 0 Å². The van der Waals surface area contributed by atoms with Crippen LogP contribution in [0.5, 0.6) is 0 Å². The highest BCUT2D eigenvalue weighted by Crippen LogP contribution is 2.15. The van der Waals surface area contributed by atoms with Crippen molar-refractivity contribution in [1.82, 2.24) is 0 Å². The normalized spacial score (nSPS) is 25.6. The molecule has 1 aliphatic heterocycles. The lowest BCUT2D eigenvalue weighted by Gasteiger charge is -2.16. The van der Waals surface area contributed by atoms with Gasteiger partial charge in [0, 0.05) is 0 Å². The zero-order chi connectivity index (χ0) is 7.56. The van der Waals surface area contributed by atoms with E-state index in [4.69, 9.17) is 4.74 Å². The van der Waals surface area contributed by atoms with E-state index in [1.807, 2.05) is 19.9 Å². The number of ether oxygens (including phenoxy) is 1. The van der Waals surface area contributed by atoms with Crippen LogP contribution in [-0.4, -0.2) is 12.6 Å². The maximum atomic E-state index is 10.9. The first kappa shape index (κ1) is 7.32. The Labute approximate surface area is 60.9 Å². The molecule has 1 heterocycles. The van der Waals surface area contributed by atoms with E-state index in [1.165, 1.54) is 0 Å². The van der Waals surface area contributed by atoms with Crippen LogP contribution in [0.15, 0.2) is 11.6 Å². The van der Waals surface area contributed by atoms with Crippen LogP contribution in [0.4, 0.5) is 0 Å². The summed E-state index contributed by atoms with van der Waals surface area (Å²) >= 11 is 0. The summed E-state index contributed by atoms with van der Waals surface area (Å²) in [5.74, 6) is -0.0677. The summed E-state index contributed by atoms with van der Waals surface area (Å²) in [6.45, 7) is 4.45. The molecule has 0 N–H and O–H groups in total. The van der Waals surface area contributed by atoms with Crippen molar-refractivity contribution in [3.05, 3.63) is 11.6 Å². The molecule has 1 aliphatic rings. The van der Waals surface area contributed by atoms with Gasteiger partial charge in [0.15, 0.2) is 0 Å². The lowest BCUT2D eigenvalue weighted by molar-refractivity contribution is -0.147. The minimum Gasteiger partial charge on any atom is -0.461 e. The van der Waals surface area contributed by atoms with Gasteiger partial charge in [-0.25, -0.2) is 0 Å². The smallest absolute Gasteiger partial charge is 0.313 e. The Morgan fingerprint density at radius 3 is 3.00 bits per heavy atom. The molecule has 0 spiro atoms. The first-order chi connectivity index (χ1) is 4.74. The van der Waals surface area contributed by atoms with Gasteiger partial charge in [0.25, 0.3) is 0 Å². The van der Waals surface area contributed by atoms with Gasteiger partial charge in [-0.1, -0.05) is 13.0 Å². The Balaban J connectivity index is 2.68. The monoisotopic (exact) mass is 140 g/mol. The number of carbonyl (C=O) groups excluding carboxylic acids is 1. The molecule has 2 heteroatoms. The average molecular weight is 140 g/mol. The standard InChI is InChI=1S/C8H12O2/c1-3-7-4-6(2)5-10-8(7)9/h4,7H,3,5H2,1-2H3/t7-/m1/s1. The second-order valence-electron chi connectivity index (χ2n) is 2.64. The predicted octanol–water partition coefficient (Wildman–Crippen LogP) is 1.52. The highest BCUT2D eigenvalue weighted by atomic mass is 16.5. The summed E-state index contributed by atoms with van der Waals surface area (Å²) in [5, 5.41) is 0. The van der Waals surface area contributed by atoms with Crippen molar-refractivity contribution >= 4 is 5.97 Å².